The van der Waals surface area contributed by atoms with E-state index in [2.05, 4.69) is 15.6 Å². The highest BCUT2D eigenvalue weighted by Gasteiger charge is 2.25. The minimum atomic E-state index is -1.45. The number of aliphatic imine (C=N–C) groups is 1. The second-order valence-electron chi connectivity index (χ2n) is 9.57. The van der Waals surface area contributed by atoms with Crippen LogP contribution in [0.25, 0.3) is 0 Å². The average Bonchev–Trinajstić information content (AvgIpc) is 3.03. The van der Waals surface area contributed by atoms with Gasteiger partial charge in [-0.3, -0.25) is 19.7 Å². The molecule has 2 amide bonds. The Morgan fingerprint density at radius 2 is 1.49 bits per heavy atom. The van der Waals surface area contributed by atoms with Crippen LogP contribution in [0.4, 0.5) is 10.5 Å². The molecular weight excluding hydrogens is 614 g/mol. The van der Waals surface area contributed by atoms with Crippen molar-refractivity contribution >= 4 is 47.2 Å². The van der Waals surface area contributed by atoms with E-state index in [0.29, 0.717) is 11.4 Å². The maximum atomic E-state index is 13.2. The number of para-hydroxylation sites is 2. The van der Waals surface area contributed by atoms with Gasteiger partial charge in [-0.2, -0.15) is 0 Å². The quantitative estimate of drug-likeness (QED) is 0.0725. The van der Waals surface area contributed by atoms with Gasteiger partial charge in [-0.25, -0.2) is 19.4 Å². The summed E-state index contributed by atoms with van der Waals surface area (Å²) in [7, 11) is 0. The molecule has 0 bridgehead atoms. The van der Waals surface area contributed by atoms with E-state index in [1.165, 1.54) is 63.2 Å². The molecule has 14 nitrogen and oxygen atoms in total. The first-order valence-corrected chi connectivity index (χ1v) is 14.3. The van der Waals surface area contributed by atoms with Gasteiger partial charge in [0.15, 0.2) is 12.4 Å². The Morgan fingerprint density at radius 1 is 0.830 bits per heavy atom. The van der Waals surface area contributed by atoms with Crippen LogP contribution in [0.2, 0.25) is 0 Å². The summed E-state index contributed by atoms with van der Waals surface area (Å²) in [5.41, 5.74) is 0.458. The minimum absolute atomic E-state index is 0.0439. The molecule has 0 aliphatic carbocycles. The lowest BCUT2D eigenvalue weighted by Gasteiger charge is -2.17. The Kier molecular flexibility index (Phi) is 13.1. The van der Waals surface area contributed by atoms with Crippen molar-refractivity contribution in [3.63, 3.8) is 0 Å². The molecule has 0 aliphatic heterocycles. The summed E-state index contributed by atoms with van der Waals surface area (Å²) in [6.07, 6.45) is -2.64. The number of carbonyl (C=O) groups is 6. The fourth-order valence-corrected chi connectivity index (χ4v) is 3.80. The molecule has 0 aliphatic rings. The Balaban J connectivity index is 1.65. The monoisotopic (exact) mass is 647 g/mol. The molecule has 0 aromatic heterocycles. The van der Waals surface area contributed by atoms with Gasteiger partial charge in [-0.15, -0.1) is 0 Å². The van der Waals surface area contributed by atoms with Crippen molar-refractivity contribution in [1.29, 1.82) is 0 Å². The lowest BCUT2D eigenvalue weighted by Crippen LogP contribution is -2.48. The number of nitrogens with one attached hydrogen (secondary N) is 2. The summed E-state index contributed by atoms with van der Waals surface area (Å²) in [5.74, 6) is -3.73. The molecule has 0 heterocycles. The van der Waals surface area contributed by atoms with Crippen LogP contribution in [-0.4, -0.2) is 67.1 Å². The number of alkyl carbamates (subject to hydrolysis) is 1. The van der Waals surface area contributed by atoms with Crippen molar-refractivity contribution in [2.24, 2.45) is 4.99 Å². The van der Waals surface area contributed by atoms with E-state index in [1.807, 2.05) is 0 Å². The molecule has 2 atom stereocenters. The van der Waals surface area contributed by atoms with Gasteiger partial charge < -0.3 is 29.0 Å². The van der Waals surface area contributed by atoms with E-state index in [-0.39, 0.29) is 30.1 Å². The van der Waals surface area contributed by atoms with Gasteiger partial charge in [0, 0.05) is 19.4 Å². The molecule has 0 saturated heterocycles. The number of ether oxygens (including phenoxy) is 5. The summed E-state index contributed by atoms with van der Waals surface area (Å²) in [4.78, 5) is 78.6. The van der Waals surface area contributed by atoms with E-state index in [9.17, 15) is 28.8 Å². The highest BCUT2D eigenvalue weighted by atomic mass is 16.7. The predicted molar refractivity (Wildman–Crippen MR) is 166 cm³/mol. The van der Waals surface area contributed by atoms with Crippen molar-refractivity contribution in [2.75, 3.05) is 13.2 Å². The van der Waals surface area contributed by atoms with Crippen LogP contribution in [0.3, 0.4) is 0 Å². The summed E-state index contributed by atoms with van der Waals surface area (Å²) in [6.45, 7) is 5.47. The molecular formula is C33H33N3O11. The van der Waals surface area contributed by atoms with Crippen molar-refractivity contribution in [3.05, 3.63) is 90.0 Å². The molecule has 0 spiro atoms. The van der Waals surface area contributed by atoms with Gasteiger partial charge in [0.05, 0.1) is 18.3 Å². The number of esters is 3. The fourth-order valence-electron chi connectivity index (χ4n) is 3.80. The predicted octanol–water partition coefficient (Wildman–Crippen LogP) is 3.90. The molecule has 2 N–H and O–H groups in total. The standard InChI is InChI=1S/C33H33N3O11/c1-5-43-28(38)19-44-25-17-15-23(16-18-25)29(39)20(2)34-31(40)30(35-24-11-7-6-8-12-24)36-33(42)47-22(4)46-32(41)26-13-9-10-14-27(26)45-21(3)37/h6-18,20,22H,5,19H2,1-4H3,(H,34,40)(H,35,36,42). The number of carbonyl (C=O) groups excluding carboxylic acids is 6. The lowest BCUT2D eigenvalue weighted by atomic mass is 10.1. The highest BCUT2D eigenvalue weighted by molar-refractivity contribution is 6.41. The van der Waals surface area contributed by atoms with E-state index in [4.69, 9.17) is 23.7 Å². The van der Waals surface area contributed by atoms with Crippen LogP contribution in [0.1, 0.15) is 48.4 Å². The number of ketones is 1. The molecule has 246 valence electrons. The van der Waals surface area contributed by atoms with Crippen LogP contribution < -0.4 is 20.1 Å². The number of benzene rings is 3. The van der Waals surface area contributed by atoms with Gasteiger partial charge in [-0.1, -0.05) is 30.3 Å². The number of amidine groups is 1. The zero-order valence-electron chi connectivity index (χ0n) is 26.0. The third kappa shape index (κ3) is 11.4. The van der Waals surface area contributed by atoms with Crippen LogP contribution >= 0.6 is 0 Å². The van der Waals surface area contributed by atoms with E-state index < -0.39 is 53.9 Å². The van der Waals surface area contributed by atoms with Gasteiger partial charge in [0.2, 0.25) is 12.1 Å². The molecule has 3 aromatic carbocycles. The molecule has 14 heteroatoms. The van der Waals surface area contributed by atoms with Crippen LogP contribution in [0.15, 0.2) is 83.9 Å². The topological polar surface area (TPSA) is 185 Å². The molecule has 3 rings (SSSR count). The molecule has 47 heavy (non-hydrogen) atoms. The number of hydrogen-bond donors (Lipinski definition) is 2. The van der Waals surface area contributed by atoms with Crippen molar-refractivity contribution in [1.82, 2.24) is 10.6 Å². The second kappa shape index (κ2) is 17.4. The zero-order valence-corrected chi connectivity index (χ0v) is 26.0. The summed E-state index contributed by atoms with van der Waals surface area (Å²) < 4.78 is 25.4. The number of amides is 2. The third-order valence-corrected chi connectivity index (χ3v) is 5.88. The Labute approximate surface area is 270 Å². The number of Topliss-reactive ketones (excluding diaryl/α,β-unsaturated/α-hetero) is 1. The summed E-state index contributed by atoms with van der Waals surface area (Å²) >= 11 is 0. The molecule has 3 aromatic rings. The van der Waals surface area contributed by atoms with Crippen LogP contribution in [0.5, 0.6) is 11.5 Å². The molecule has 0 radical (unpaired) electrons. The zero-order chi connectivity index (χ0) is 34.3. The van der Waals surface area contributed by atoms with E-state index >= 15 is 0 Å². The van der Waals surface area contributed by atoms with Crippen LogP contribution in [-0.2, 0) is 28.6 Å². The maximum Gasteiger partial charge on any atom is 0.416 e. The van der Waals surface area contributed by atoms with Gasteiger partial charge >= 0.3 is 24.0 Å². The van der Waals surface area contributed by atoms with Gasteiger partial charge in [-0.05, 0) is 62.4 Å². The largest absolute Gasteiger partial charge is 0.482 e. The van der Waals surface area contributed by atoms with E-state index in [0.717, 1.165) is 0 Å². The SMILES string of the molecule is CCOC(=O)COc1ccc(C(=O)C(C)NC(=O)C(=Nc2ccccc2)NC(=O)OC(C)OC(=O)c2ccccc2OC(C)=O)cc1. The Bertz CT molecular complexity index is 1620. The van der Waals surface area contributed by atoms with Gasteiger partial charge in [0.1, 0.15) is 17.1 Å². The van der Waals surface area contributed by atoms with Gasteiger partial charge in [0.25, 0.3) is 5.91 Å². The fraction of sp³-hybridized carbons (Fsp3) is 0.242. The first-order chi connectivity index (χ1) is 22.5. The lowest BCUT2D eigenvalue weighted by molar-refractivity contribution is -0.145. The molecule has 0 fully saturated rings. The molecule has 2 unspecified atom stereocenters. The number of rotatable bonds is 12. The van der Waals surface area contributed by atoms with Crippen molar-refractivity contribution in [3.8, 4) is 11.5 Å². The Morgan fingerprint density at radius 3 is 2.15 bits per heavy atom. The normalized spacial score (nSPS) is 12.0. The van der Waals surface area contributed by atoms with E-state index in [1.54, 1.807) is 43.3 Å². The Hall–Kier alpha value is -6.05. The first kappa shape index (κ1) is 35.4. The minimum Gasteiger partial charge on any atom is -0.482 e. The highest BCUT2D eigenvalue weighted by Crippen LogP contribution is 2.20. The first-order valence-electron chi connectivity index (χ1n) is 14.3. The smallest absolute Gasteiger partial charge is 0.416 e. The maximum absolute atomic E-state index is 13.2. The third-order valence-electron chi connectivity index (χ3n) is 5.88. The average molecular weight is 648 g/mol. The number of nitrogens with zero attached hydrogens (tertiary/aromatic N) is 1. The molecule has 0 saturated carbocycles. The summed E-state index contributed by atoms with van der Waals surface area (Å²) in [6, 6.07) is 18.9. The van der Waals surface area contributed by atoms with Crippen LogP contribution in [0, 0.1) is 0 Å². The number of hydrogen-bond acceptors (Lipinski definition) is 12. The van der Waals surface area contributed by atoms with Crippen molar-refractivity contribution in [2.45, 2.75) is 40.0 Å². The van der Waals surface area contributed by atoms with Crippen molar-refractivity contribution < 1.29 is 52.5 Å². The summed E-state index contributed by atoms with van der Waals surface area (Å²) in [5, 5.41) is 4.71. The second-order valence-corrected chi connectivity index (χ2v) is 9.57.